The van der Waals surface area contributed by atoms with Gasteiger partial charge in [-0.25, -0.2) is 0 Å². The number of nitrogens with one attached hydrogen (secondary N) is 1. The van der Waals surface area contributed by atoms with Crippen LogP contribution < -0.4 is 11.1 Å². The van der Waals surface area contributed by atoms with Gasteiger partial charge in [-0.05, 0) is 77.0 Å². The SMILES string of the molecule is NCC1CCC(C(=O)NCCCN2CCCC2)CC1. The summed E-state index contributed by atoms with van der Waals surface area (Å²) in [4.78, 5) is 14.5. The molecule has 1 aliphatic heterocycles. The van der Waals surface area contributed by atoms with Gasteiger partial charge in [0.2, 0.25) is 5.91 Å². The van der Waals surface area contributed by atoms with Crippen LogP contribution in [0.5, 0.6) is 0 Å². The Morgan fingerprint density at radius 1 is 1.16 bits per heavy atom. The summed E-state index contributed by atoms with van der Waals surface area (Å²) in [5.74, 6) is 1.17. The van der Waals surface area contributed by atoms with Gasteiger partial charge in [0.15, 0.2) is 0 Å². The summed E-state index contributed by atoms with van der Waals surface area (Å²) >= 11 is 0. The van der Waals surface area contributed by atoms with Crippen molar-refractivity contribution >= 4 is 5.91 Å². The summed E-state index contributed by atoms with van der Waals surface area (Å²) in [5, 5.41) is 3.11. The summed E-state index contributed by atoms with van der Waals surface area (Å²) in [7, 11) is 0. The van der Waals surface area contributed by atoms with E-state index in [1.807, 2.05) is 0 Å². The quantitative estimate of drug-likeness (QED) is 0.714. The van der Waals surface area contributed by atoms with Crippen LogP contribution in [-0.4, -0.2) is 43.5 Å². The minimum absolute atomic E-state index is 0.245. The Morgan fingerprint density at radius 3 is 2.47 bits per heavy atom. The minimum Gasteiger partial charge on any atom is -0.356 e. The fourth-order valence-electron chi connectivity index (χ4n) is 3.33. The van der Waals surface area contributed by atoms with Crippen molar-refractivity contribution in [1.29, 1.82) is 0 Å². The van der Waals surface area contributed by atoms with E-state index in [1.165, 1.54) is 25.9 Å². The van der Waals surface area contributed by atoms with Gasteiger partial charge in [-0.3, -0.25) is 4.79 Å². The van der Waals surface area contributed by atoms with Crippen molar-refractivity contribution in [2.24, 2.45) is 17.6 Å². The zero-order valence-electron chi connectivity index (χ0n) is 12.1. The van der Waals surface area contributed by atoms with E-state index in [1.54, 1.807) is 0 Å². The van der Waals surface area contributed by atoms with Gasteiger partial charge in [0, 0.05) is 12.5 Å². The van der Waals surface area contributed by atoms with Crippen molar-refractivity contribution in [2.75, 3.05) is 32.7 Å². The molecule has 2 rings (SSSR count). The Hall–Kier alpha value is -0.610. The van der Waals surface area contributed by atoms with Gasteiger partial charge in [-0.15, -0.1) is 0 Å². The molecule has 0 atom stereocenters. The average Bonchev–Trinajstić information content (AvgIpc) is 2.96. The van der Waals surface area contributed by atoms with Gasteiger partial charge in [-0.2, -0.15) is 0 Å². The first-order valence-electron chi connectivity index (χ1n) is 7.99. The molecule has 3 N–H and O–H groups in total. The van der Waals surface area contributed by atoms with Crippen LogP contribution in [0.3, 0.4) is 0 Å². The van der Waals surface area contributed by atoms with Crippen LogP contribution in [0.15, 0.2) is 0 Å². The number of nitrogens with zero attached hydrogens (tertiary/aromatic N) is 1. The molecule has 1 saturated heterocycles. The monoisotopic (exact) mass is 267 g/mol. The molecule has 2 fully saturated rings. The van der Waals surface area contributed by atoms with E-state index in [4.69, 9.17) is 5.73 Å². The normalized spacial score (nSPS) is 28.5. The van der Waals surface area contributed by atoms with E-state index >= 15 is 0 Å². The largest absolute Gasteiger partial charge is 0.356 e. The van der Waals surface area contributed by atoms with E-state index in [2.05, 4.69) is 10.2 Å². The van der Waals surface area contributed by atoms with Crippen molar-refractivity contribution in [2.45, 2.75) is 44.9 Å². The maximum absolute atomic E-state index is 12.0. The Morgan fingerprint density at radius 2 is 1.84 bits per heavy atom. The molecule has 0 aromatic heterocycles. The summed E-state index contributed by atoms with van der Waals surface area (Å²) in [6, 6.07) is 0. The molecule has 4 nitrogen and oxygen atoms in total. The summed E-state index contributed by atoms with van der Waals surface area (Å²) in [5.41, 5.74) is 5.68. The number of amides is 1. The Kier molecular flexibility index (Phi) is 6.11. The second kappa shape index (κ2) is 7.85. The first-order chi connectivity index (χ1) is 9.29. The first-order valence-corrected chi connectivity index (χ1v) is 7.99. The molecule has 0 radical (unpaired) electrons. The molecule has 1 saturated carbocycles. The predicted molar refractivity (Wildman–Crippen MR) is 77.8 cm³/mol. The Bertz CT molecular complexity index is 269. The van der Waals surface area contributed by atoms with Gasteiger partial charge in [0.25, 0.3) is 0 Å². The van der Waals surface area contributed by atoms with Crippen molar-refractivity contribution in [3.63, 3.8) is 0 Å². The molecule has 1 heterocycles. The minimum atomic E-state index is 0.245. The summed E-state index contributed by atoms with van der Waals surface area (Å²) in [6.07, 6.45) is 8.09. The number of nitrogens with two attached hydrogens (primary N) is 1. The molecule has 4 heteroatoms. The maximum atomic E-state index is 12.0. The number of hydrogen-bond acceptors (Lipinski definition) is 3. The molecule has 1 amide bonds. The zero-order valence-corrected chi connectivity index (χ0v) is 12.1. The third-order valence-electron chi connectivity index (χ3n) is 4.70. The van der Waals surface area contributed by atoms with Crippen LogP contribution in [0.25, 0.3) is 0 Å². The van der Waals surface area contributed by atoms with Gasteiger partial charge in [-0.1, -0.05) is 0 Å². The molecule has 1 aliphatic carbocycles. The highest BCUT2D eigenvalue weighted by atomic mass is 16.1. The first kappa shape index (κ1) is 14.8. The molecule has 19 heavy (non-hydrogen) atoms. The molecule has 110 valence electrons. The fourth-order valence-corrected chi connectivity index (χ4v) is 3.33. The van der Waals surface area contributed by atoms with Gasteiger partial charge < -0.3 is 16.0 Å². The number of likely N-dealkylation sites (tertiary alicyclic amines) is 1. The summed E-state index contributed by atoms with van der Waals surface area (Å²) in [6.45, 7) is 5.25. The topological polar surface area (TPSA) is 58.4 Å². The third kappa shape index (κ3) is 4.77. The van der Waals surface area contributed by atoms with Crippen LogP contribution in [-0.2, 0) is 4.79 Å². The van der Waals surface area contributed by atoms with Gasteiger partial charge >= 0.3 is 0 Å². The standard InChI is InChI=1S/C15H29N3O/c16-12-13-4-6-14(7-5-13)15(19)17-8-3-11-18-9-1-2-10-18/h13-14H,1-12,16H2,(H,17,19). The lowest BCUT2D eigenvalue weighted by Gasteiger charge is -2.26. The highest BCUT2D eigenvalue weighted by molar-refractivity contribution is 5.78. The lowest BCUT2D eigenvalue weighted by molar-refractivity contribution is -0.126. The molecule has 0 aromatic rings. The lowest BCUT2D eigenvalue weighted by Crippen LogP contribution is -2.35. The van der Waals surface area contributed by atoms with Crippen LogP contribution in [0.4, 0.5) is 0 Å². The second-order valence-electron chi connectivity index (χ2n) is 6.15. The van der Waals surface area contributed by atoms with Crippen LogP contribution in [0.1, 0.15) is 44.9 Å². The van der Waals surface area contributed by atoms with Crippen molar-refractivity contribution in [1.82, 2.24) is 10.2 Å². The molecule has 0 unspecified atom stereocenters. The molecule has 0 aromatic carbocycles. The molecule has 0 bridgehead atoms. The van der Waals surface area contributed by atoms with Gasteiger partial charge in [0.1, 0.15) is 0 Å². The van der Waals surface area contributed by atoms with E-state index in [9.17, 15) is 4.79 Å². The molecular weight excluding hydrogens is 238 g/mol. The smallest absolute Gasteiger partial charge is 0.223 e. The number of hydrogen-bond donors (Lipinski definition) is 2. The maximum Gasteiger partial charge on any atom is 0.223 e. The van der Waals surface area contributed by atoms with Crippen LogP contribution >= 0.6 is 0 Å². The Balaban J connectivity index is 1.54. The molecular formula is C15H29N3O. The highest BCUT2D eigenvalue weighted by Crippen LogP contribution is 2.28. The van der Waals surface area contributed by atoms with E-state index in [0.717, 1.165) is 51.7 Å². The Labute approximate surface area is 117 Å². The fraction of sp³-hybridized carbons (Fsp3) is 0.933. The third-order valence-corrected chi connectivity index (χ3v) is 4.70. The lowest BCUT2D eigenvalue weighted by atomic mass is 9.81. The van der Waals surface area contributed by atoms with Crippen LogP contribution in [0, 0.1) is 11.8 Å². The predicted octanol–water partition coefficient (Wildman–Crippen LogP) is 1.35. The van der Waals surface area contributed by atoms with Crippen LogP contribution in [0.2, 0.25) is 0 Å². The average molecular weight is 267 g/mol. The van der Waals surface area contributed by atoms with E-state index in [-0.39, 0.29) is 11.8 Å². The van der Waals surface area contributed by atoms with E-state index in [0.29, 0.717) is 5.92 Å². The van der Waals surface area contributed by atoms with Crippen molar-refractivity contribution in [3.8, 4) is 0 Å². The van der Waals surface area contributed by atoms with Crippen molar-refractivity contribution < 1.29 is 4.79 Å². The number of rotatable bonds is 6. The highest BCUT2D eigenvalue weighted by Gasteiger charge is 2.25. The molecule has 0 spiro atoms. The second-order valence-corrected chi connectivity index (χ2v) is 6.15. The molecule has 2 aliphatic rings. The van der Waals surface area contributed by atoms with Gasteiger partial charge in [0.05, 0.1) is 0 Å². The zero-order chi connectivity index (χ0) is 13.5. The number of carbonyl (C=O) groups is 1. The van der Waals surface area contributed by atoms with Crippen molar-refractivity contribution in [3.05, 3.63) is 0 Å². The number of carbonyl (C=O) groups excluding carboxylic acids is 1. The summed E-state index contributed by atoms with van der Waals surface area (Å²) < 4.78 is 0. The van der Waals surface area contributed by atoms with E-state index < -0.39 is 0 Å².